The van der Waals surface area contributed by atoms with Crippen LogP contribution >= 0.6 is 11.3 Å². The smallest absolute Gasteiger partial charge is 0.272 e. The topological polar surface area (TPSA) is 81.3 Å². The largest absolute Gasteiger partial charge is 0.353 e. The van der Waals surface area contributed by atoms with E-state index in [2.05, 4.69) is 22.1 Å². The Balaban J connectivity index is 2.03. The number of carbonyl (C=O) groups is 1. The SMILES string of the molecule is C=CCNC(=O)CCc1nnc2n(CCC)c(=O)c3sccc3n12. The maximum absolute atomic E-state index is 12.6. The molecule has 1 amide bonds. The Bertz CT molecular complexity index is 953. The second-order valence-corrected chi connectivity index (χ2v) is 6.35. The van der Waals surface area contributed by atoms with Crippen molar-refractivity contribution in [2.45, 2.75) is 32.7 Å². The van der Waals surface area contributed by atoms with Crippen LogP contribution in [0, 0.1) is 0 Å². The van der Waals surface area contributed by atoms with Crippen LogP contribution in [0.15, 0.2) is 28.9 Å². The van der Waals surface area contributed by atoms with Gasteiger partial charge in [0.05, 0.1) is 5.52 Å². The van der Waals surface area contributed by atoms with E-state index in [9.17, 15) is 9.59 Å². The standard InChI is InChI=1S/C16H19N5O2S/c1-3-8-17-13(22)6-5-12-18-19-16-20(9-4-2)15(23)14-11(21(12)16)7-10-24-14/h3,7,10H,1,4-6,8-9H2,2H3,(H,17,22). The third-order valence-corrected chi connectivity index (χ3v) is 4.64. The summed E-state index contributed by atoms with van der Waals surface area (Å²) in [6, 6.07) is 1.90. The van der Waals surface area contributed by atoms with Gasteiger partial charge in [0.15, 0.2) is 0 Å². The number of hydrogen-bond acceptors (Lipinski definition) is 5. The lowest BCUT2D eigenvalue weighted by atomic mass is 10.2. The van der Waals surface area contributed by atoms with Crippen LogP contribution in [0.3, 0.4) is 0 Å². The third kappa shape index (κ3) is 2.84. The molecule has 3 aromatic rings. The molecule has 0 aromatic carbocycles. The van der Waals surface area contributed by atoms with Crippen LogP contribution in [-0.2, 0) is 17.8 Å². The third-order valence-electron chi connectivity index (χ3n) is 3.75. The van der Waals surface area contributed by atoms with Crippen molar-refractivity contribution in [3.8, 4) is 0 Å². The highest BCUT2D eigenvalue weighted by atomic mass is 32.1. The Morgan fingerprint density at radius 1 is 1.46 bits per heavy atom. The quantitative estimate of drug-likeness (QED) is 0.662. The lowest BCUT2D eigenvalue weighted by molar-refractivity contribution is -0.120. The zero-order chi connectivity index (χ0) is 17.1. The summed E-state index contributed by atoms with van der Waals surface area (Å²) in [5, 5.41) is 13.1. The number of fused-ring (bicyclic) bond motifs is 3. The fourth-order valence-corrected chi connectivity index (χ4v) is 3.49. The number of nitrogens with zero attached hydrogens (tertiary/aromatic N) is 4. The van der Waals surface area contributed by atoms with Crippen molar-refractivity contribution in [3.63, 3.8) is 0 Å². The van der Waals surface area contributed by atoms with Crippen molar-refractivity contribution in [3.05, 3.63) is 40.3 Å². The predicted molar refractivity (Wildman–Crippen MR) is 94.4 cm³/mol. The van der Waals surface area contributed by atoms with Crippen LogP contribution in [0.2, 0.25) is 0 Å². The zero-order valence-electron chi connectivity index (χ0n) is 13.5. The van der Waals surface area contributed by atoms with Crippen molar-refractivity contribution in [1.29, 1.82) is 0 Å². The summed E-state index contributed by atoms with van der Waals surface area (Å²) < 4.78 is 4.24. The molecule has 0 aliphatic carbocycles. The van der Waals surface area contributed by atoms with Gasteiger partial charge >= 0.3 is 0 Å². The molecule has 0 bridgehead atoms. The van der Waals surface area contributed by atoms with Crippen LogP contribution < -0.4 is 10.9 Å². The van der Waals surface area contributed by atoms with E-state index in [0.29, 0.717) is 42.2 Å². The highest BCUT2D eigenvalue weighted by Crippen LogP contribution is 2.20. The monoisotopic (exact) mass is 345 g/mol. The van der Waals surface area contributed by atoms with Gasteiger partial charge in [-0.3, -0.25) is 18.6 Å². The van der Waals surface area contributed by atoms with Crippen LogP contribution in [0.25, 0.3) is 16.0 Å². The summed E-state index contributed by atoms with van der Waals surface area (Å²) >= 11 is 1.42. The molecule has 3 aromatic heterocycles. The maximum Gasteiger partial charge on any atom is 0.272 e. The second kappa shape index (κ2) is 6.96. The molecule has 3 rings (SSSR count). The van der Waals surface area contributed by atoms with Crippen LogP contribution in [-0.4, -0.2) is 31.6 Å². The van der Waals surface area contributed by atoms with Gasteiger partial charge in [0.1, 0.15) is 10.5 Å². The van der Waals surface area contributed by atoms with Crippen molar-refractivity contribution in [1.82, 2.24) is 24.5 Å². The molecule has 0 aliphatic heterocycles. The molecule has 0 radical (unpaired) electrons. The molecule has 0 aliphatic rings. The first-order valence-corrected chi connectivity index (χ1v) is 8.77. The Kier molecular flexibility index (Phi) is 4.75. The van der Waals surface area contributed by atoms with Crippen molar-refractivity contribution < 1.29 is 4.79 Å². The molecular weight excluding hydrogens is 326 g/mol. The number of rotatable bonds is 7. The molecule has 0 unspecified atom stereocenters. The van der Waals surface area contributed by atoms with Gasteiger partial charge in [-0.15, -0.1) is 28.1 Å². The lowest BCUT2D eigenvalue weighted by Gasteiger charge is -2.08. The van der Waals surface area contributed by atoms with Gasteiger partial charge in [-0.2, -0.15) is 0 Å². The van der Waals surface area contributed by atoms with E-state index >= 15 is 0 Å². The minimum atomic E-state index is -0.0601. The number of carbonyl (C=O) groups excluding carboxylic acids is 1. The number of aromatic nitrogens is 4. The summed E-state index contributed by atoms with van der Waals surface area (Å²) in [6.07, 6.45) is 3.24. The molecule has 0 saturated heterocycles. The Labute approximate surface area is 142 Å². The van der Waals surface area contributed by atoms with Gasteiger partial charge in [0.2, 0.25) is 11.7 Å². The number of nitrogens with one attached hydrogen (secondary N) is 1. The zero-order valence-corrected chi connectivity index (χ0v) is 14.3. The van der Waals surface area contributed by atoms with Gasteiger partial charge in [-0.1, -0.05) is 13.0 Å². The Morgan fingerprint density at radius 3 is 3.04 bits per heavy atom. The normalized spacial score (nSPS) is 11.2. The van der Waals surface area contributed by atoms with Gasteiger partial charge in [-0.05, 0) is 17.9 Å². The van der Waals surface area contributed by atoms with Gasteiger partial charge < -0.3 is 5.32 Å². The number of thiophene rings is 1. The lowest BCUT2D eigenvalue weighted by Crippen LogP contribution is -2.24. The van der Waals surface area contributed by atoms with Gasteiger partial charge in [0.25, 0.3) is 5.56 Å². The molecular formula is C16H19N5O2S. The number of amides is 1. The molecule has 7 nitrogen and oxygen atoms in total. The van der Waals surface area contributed by atoms with Crippen LogP contribution in [0.4, 0.5) is 0 Å². The van der Waals surface area contributed by atoms with Gasteiger partial charge in [-0.25, -0.2) is 0 Å². The van der Waals surface area contributed by atoms with E-state index in [1.807, 2.05) is 22.8 Å². The summed E-state index contributed by atoms with van der Waals surface area (Å²) in [7, 11) is 0. The van der Waals surface area contributed by atoms with Crippen LogP contribution in [0.5, 0.6) is 0 Å². The molecule has 0 saturated carbocycles. The van der Waals surface area contributed by atoms with E-state index in [4.69, 9.17) is 0 Å². The van der Waals surface area contributed by atoms with E-state index < -0.39 is 0 Å². The fraction of sp³-hybridized carbons (Fsp3) is 0.375. The molecule has 0 fully saturated rings. The highest BCUT2D eigenvalue weighted by Gasteiger charge is 2.17. The maximum atomic E-state index is 12.6. The molecule has 1 N–H and O–H groups in total. The van der Waals surface area contributed by atoms with Crippen molar-refractivity contribution >= 4 is 33.2 Å². The van der Waals surface area contributed by atoms with E-state index in [1.165, 1.54) is 11.3 Å². The van der Waals surface area contributed by atoms with E-state index in [1.54, 1.807) is 10.6 Å². The average Bonchev–Trinajstić information content (AvgIpc) is 3.21. The first kappa shape index (κ1) is 16.4. The molecule has 24 heavy (non-hydrogen) atoms. The summed E-state index contributed by atoms with van der Waals surface area (Å²) in [5.74, 6) is 1.16. The minimum Gasteiger partial charge on any atom is -0.353 e. The first-order chi connectivity index (χ1) is 11.7. The second-order valence-electron chi connectivity index (χ2n) is 5.44. The first-order valence-electron chi connectivity index (χ1n) is 7.89. The molecule has 3 heterocycles. The van der Waals surface area contributed by atoms with Crippen molar-refractivity contribution in [2.75, 3.05) is 6.54 Å². The van der Waals surface area contributed by atoms with Crippen LogP contribution in [0.1, 0.15) is 25.6 Å². The molecule has 126 valence electrons. The average molecular weight is 345 g/mol. The van der Waals surface area contributed by atoms with Crippen molar-refractivity contribution in [2.24, 2.45) is 0 Å². The molecule has 0 spiro atoms. The minimum absolute atomic E-state index is 0.0305. The number of hydrogen-bond donors (Lipinski definition) is 1. The summed E-state index contributed by atoms with van der Waals surface area (Å²) in [5.41, 5.74) is 0.774. The van der Waals surface area contributed by atoms with Gasteiger partial charge in [0, 0.05) is 25.9 Å². The summed E-state index contributed by atoms with van der Waals surface area (Å²) in [4.78, 5) is 24.4. The molecule has 0 atom stereocenters. The van der Waals surface area contributed by atoms with E-state index in [0.717, 1.165) is 11.9 Å². The summed E-state index contributed by atoms with van der Waals surface area (Å²) in [6.45, 7) is 6.63. The number of aryl methyl sites for hydroxylation is 2. The highest BCUT2D eigenvalue weighted by molar-refractivity contribution is 7.17. The fourth-order valence-electron chi connectivity index (χ4n) is 2.67. The molecule has 8 heteroatoms. The Hall–Kier alpha value is -2.48. The van der Waals surface area contributed by atoms with E-state index in [-0.39, 0.29) is 11.5 Å². The predicted octanol–water partition coefficient (Wildman–Crippen LogP) is 1.75. The Morgan fingerprint density at radius 2 is 2.29 bits per heavy atom.